The number of carbonyl (C=O) groups is 1. The molecular formula is C9H19NO4. The maximum Gasteiger partial charge on any atom is 0.222 e. The van der Waals surface area contributed by atoms with Crippen molar-refractivity contribution in [1.82, 2.24) is 5.32 Å². The number of hydrogen-bond donors (Lipinski definition) is 1. The SMILES string of the molecule is CCOCCC(=O)NCC(OC)OC. The van der Waals surface area contributed by atoms with E-state index in [9.17, 15) is 4.79 Å². The lowest BCUT2D eigenvalue weighted by atomic mass is 10.4. The van der Waals surface area contributed by atoms with Gasteiger partial charge in [0.2, 0.25) is 5.91 Å². The summed E-state index contributed by atoms with van der Waals surface area (Å²) >= 11 is 0. The topological polar surface area (TPSA) is 56.8 Å². The Morgan fingerprint density at radius 2 is 2.00 bits per heavy atom. The monoisotopic (exact) mass is 205 g/mol. The van der Waals surface area contributed by atoms with Crippen molar-refractivity contribution in [2.75, 3.05) is 34.0 Å². The highest BCUT2D eigenvalue weighted by atomic mass is 16.7. The van der Waals surface area contributed by atoms with Crippen LogP contribution in [0, 0.1) is 0 Å². The molecule has 0 bridgehead atoms. The van der Waals surface area contributed by atoms with Crippen LogP contribution in [0.25, 0.3) is 0 Å². The second-order valence-corrected chi connectivity index (χ2v) is 2.65. The lowest BCUT2D eigenvalue weighted by molar-refractivity contribution is -0.128. The normalized spacial score (nSPS) is 10.6. The summed E-state index contributed by atoms with van der Waals surface area (Å²) in [6.07, 6.45) is -0.0143. The molecule has 0 unspecified atom stereocenters. The van der Waals surface area contributed by atoms with Crippen molar-refractivity contribution >= 4 is 5.91 Å². The molecule has 0 aliphatic heterocycles. The summed E-state index contributed by atoms with van der Waals surface area (Å²) in [5.41, 5.74) is 0. The van der Waals surface area contributed by atoms with E-state index in [0.29, 0.717) is 26.2 Å². The van der Waals surface area contributed by atoms with E-state index in [0.717, 1.165) is 0 Å². The molecular weight excluding hydrogens is 186 g/mol. The fourth-order valence-corrected chi connectivity index (χ4v) is 0.858. The number of ether oxygens (including phenoxy) is 3. The molecule has 1 N–H and O–H groups in total. The van der Waals surface area contributed by atoms with Crippen molar-refractivity contribution in [3.63, 3.8) is 0 Å². The van der Waals surface area contributed by atoms with Gasteiger partial charge >= 0.3 is 0 Å². The summed E-state index contributed by atoms with van der Waals surface area (Å²) in [6, 6.07) is 0. The van der Waals surface area contributed by atoms with Gasteiger partial charge in [-0.25, -0.2) is 0 Å². The van der Waals surface area contributed by atoms with E-state index in [1.54, 1.807) is 0 Å². The van der Waals surface area contributed by atoms with E-state index in [-0.39, 0.29) is 12.2 Å². The number of hydrogen-bond acceptors (Lipinski definition) is 4. The molecule has 0 atom stereocenters. The molecule has 0 rings (SSSR count). The molecule has 5 nitrogen and oxygen atoms in total. The largest absolute Gasteiger partial charge is 0.381 e. The van der Waals surface area contributed by atoms with Gasteiger partial charge in [-0.1, -0.05) is 0 Å². The average Bonchev–Trinajstić information content (AvgIpc) is 2.20. The number of carbonyl (C=O) groups excluding carboxylic acids is 1. The first-order valence-corrected chi connectivity index (χ1v) is 4.64. The van der Waals surface area contributed by atoms with Crippen LogP contribution in [0.4, 0.5) is 0 Å². The van der Waals surface area contributed by atoms with E-state index >= 15 is 0 Å². The minimum atomic E-state index is -0.383. The number of nitrogens with one attached hydrogen (secondary N) is 1. The highest BCUT2D eigenvalue weighted by molar-refractivity contribution is 5.75. The molecule has 5 heteroatoms. The summed E-state index contributed by atoms with van der Waals surface area (Å²) in [7, 11) is 3.06. The third-order valence-electron chi connectivity index (χ3n) is 1.67. The molecule has 0 aromatic carbocycles. The van der Waals surface area contributed by atoms with Crippen molar-refractivity contribution < 1.29 is 19.0 Å². The molecule has 0 aliphatic carbocycles. The molecule has 14 heavy (non-hydrogen) atoms. The fourth-order valence-electron chi connectivity index (χ4n) is 0.858. The van der Waals surface area contributed by atoms with E-state index in [1.807, 2.05) is 6.92 Å². The van der Waals surface area contributed by atoms with Crippen molar-refractivity contribution in [2.45, 2.75) is 19.6 Å². The first-order chi connectivity index (χ1) is 6.74. The zero-order valence-electron chi connectivity index (χ0n) is 9.04. The molecule has 0 saturated carbocycles. The second-order valence-electron chi connectivity index (χ2n) is 2.65. The summed E-state index contributed by atoms with van der Waals surface area (Å²) in [6.45, 7) is 3.33. The molecule has 1 amide bonds. The Labute approximate surface area is 84.7 Å². The van der Waals surface area contributed by atoms with Gasteiger partial charge in [-0.15, -0.1) is 0 Å². The van der Waals surface area contributed by atoms with Gasteiger partial charge in [-0.2, -0.15) is 0 Å². The van der Waals surface area contributed by atoms with Crippen LogP contribution in [0.3, 0.4) is 0 Å². The molecule has 0 aliphatic rings. The first-order valence-electron chi connectivity index (χ1n) is 4.64. The van der Waals surface area contributed by atoms with Crippen LogP contribution in [0.2, 0.25) is 0 Å². The van der Waals surface area contributed by atoms with E-state index in [4.69, 9.17) is 14.2 Å². The lowest BCUT2D eigenvalue weighted by Crippen LogP contribution is -2.34. The highest BCUT2D eigenvalue weighted by Crippen LogP contribution is 1.89. The van der Waals surface area contributed by atoms with Crippen molar-refractivity contribution in [2.24, 2.45) is 0 Å². The predicted octanol–water partition coefficient (Wildman–Crippen LogP) is 0.148. The van der Waals surface area contributed by atoms with E-state index < -0.39 is 0 Å². The van der Waals surface area contributed by atoms with Crippen LogP contribution in [0.15, 0.2) is 0 Å². The van der Waals surface area contributed by atoms with Gasteiger partial charge in [-0.3, -0.25) is 4.79 Å². The highest BCUT2D eigenvalue weighted by Gasteiger charge is 2.07. The van der Waals surface area contributed by atoms with E-state index in [1.165, 1.54) is 14.2 Å². The Bertz CT molecular complexity index is 148. The Balaban J connectivity index is 3.42. The molecule has 84 valence electrons. The summed E-state index contributed by atoms with van der Waals surface area (Å²) in [5.74, 6) is -0.0578. The average molecular weight is 205 g/mol. The van der Waals surface area contributed by atoms with Crippen LogP contribution in [-0.4, -0.2) is 46.2 Å². The number of amides is 1. The summed E-state index contributed by atoms with van der Waals surface area (Å²) in [4.78, 5) is 11.2. The Kier molecular flexibility index (Phi) is 8.51. The van der Waals surface area contributed by atoms with Crippen LogP contribution in [0.1, 0.15) is 13.3 Å². The van der Waals surface area contributed by atoms with Crippen molar-refractivity contribution in [3.05, 3.63) is 0 Å². The third kappa shape index (κ3) is 6.82. The van der Waals surface area contributed by atoms with Gasteiger partial charge in [0.15, 0.2) is 6.29 Å². The molecule has 0 radical (unpaired) electrons. The van der Waals surface area contributed by atoms with Crippen LogP contribution >= 0.6 is 0 Å². The lowest BCUT2D eigenvalue weighted by Gasteiger charge is -2.13. The summed E-state index contributed by atoms with van der Waals surface area (Å²) < 4.78 is 14.9. The zero-order chi connectivity index (χ0) is 10.8. The summed E-state index contributed by atoms with van der Waals surface area (Å²) in [5, 5.41) is 2.67. The minimum Gasteiger partial charge on any atom is -0.381 e. The van der Waals surface area contributed by atoms with Crippen molar-refractivity contribution in [1.29, 1.82) is 0 Å². The molecule has 0 aromatic rings. The minimum absolute atomic E-state index is 0.0578. The Morgan fingerprint density at radius 1 is 1.36 bits per heavy atom. The van der Waals surface area contributed by atoms with Gasteiger partial charge in [-0.05, 0) is 6.92 Å². The first kappa shape index (κ1) is 13.4. The molecule has 0 aromatic heterocycles. The molecule has 0 spiro atoms. The smallest absolute Gasteiger partial charge is 0.222 e. The van der Waals surface area contributed by atoms with Gasteiger partial charge in [0.05, 0.1) is 13.2 Å². The molecule has 0 heterocycles. The standard InChI is InChI=1S/C9H19NO4/c1-4-14-6-5-8(11)10-7-9(12-2)13-3/h9H,4-7H2,1-3H3,(H,10,11). The fraction of sp³-hybridized carbons (Fsp3) is 0.889. The number of methoxy groups -OCH3 is 2. The van der Waals surface area contributed by atoms with Crippen LogP contribution < -0.4 is 5.32 Å². The molecule has 0 saturated heterocycles. The van der Waals surface area contributed by atoms with Crippen LogP contribution in [0.5, 0.6) is 0 Å². The zero-order valence-corrected chi connectivity index (χ0v) is 9.04. The third-order valence-corrected chi connectivity index (χ3v) is 1.67. The Hall–Kier alpha value is -0.650. The Morgan fingerprint density at radius 3 is 2.50 bits per heavy atom. The molecule has 0 fully saturated rings. The van der Waals surface area contributed by atoms with E-state index in [2.05, 4.69) is 5.32 Å². The maximum atomic E-state index is 11.2. The second kappa shape index (κ2) is 8.93. The van der Waals surface area contributed by atoms with Gasteiger partial charge in [0, 0.05) is 27.2 Å². The number of rotatable bonds is 8. The predicted molar refractivity (Wildman–Crippen MR) is 51.9 cm³/mol. The maximum absolute atomic E-state index is 11.2. The van der Waals surface area contributed by atoms with Gasteiger partial charge < -0.3 is 19.5 Å². The quantitative estimate of drug-likeness (QED) is 0.452. The van der Waals surface area contributed by atoms with Gasteiger partial charge in [0.1, 0.15) is 0 Å². The van der Waals surface area contributed by atoms with Crippen molar-refractivity contribution in [3.8, 4) is 0 Å². The van der Waals surface area contributed by atoms with Crippen LogP contribution in [-0.2, 0) is 19.0 Å². The van der Waals surface area contributed by atoms with Gasteiger partial charge in [0.25, 0.3) is 0 Å².